The van der Waals surface area contributed by atoms with Crippen LogP contribution in [-0.4, -0.2) is 15.9 Å². The standard InChI is InChI=1S/C10H9BrN2O4/c1-5-7(11)4-6(2-3-8(12)14)10(15)9(5)13(16)17/h2-4,15H,1H3,(H2,12,14)/b3-2-. The van der Waals surface area contributed by atoms with Gasteiger partial charge in [0.25, 0.3) is 0 Å². The number of hydrogen-bond acceptors (Lipinski definition) is 4. The van der Waals surface area contributed by atoms with Gasteiger partial charge < -0.3 is 10.8 Å². The van der Waals surface area contributed by atoms with Crippen molar-refractivity contribution in [3.63, 3.8) is 0 Å². The molecule has 1 rings (SSSR count). The van der Waals surface area contributed by atoms with E-state index in [1.807, 2.05) is 0 Å². The van der Waals surface area contributed by atoms with Crippen LogP contribution in [-0.2, 0) is 4.79 Å². The summed E-state index contributed by atoms with van der Waals surface area (Å²) in [5, 5.41) is 20.5. The Hall–Kier alpha value is -1.89. The molecule has 0 aliphatic rings. The van der Waals surface area contributed by atoms with E-state index in [0.29, 0.717) is 10.0 Å². The topological polar surface area (TPSA) is 106 Å². The van der Waals surface area contributed by atoms with E-state index in [0.717, 1.165) is 6.08 Å². The molecule has 0 bridgehead atoms. The average Bonchev–Trinajstić information content (AvgIpc) is 2.21. The average molecular weight is 301 g/mol. The number of hydrogen-bond donors (Lipinski definition) is 2. The zero-order valence-corrected chi connectivity index (χ0v) is 10.4. The molecule has 0 fully saturated rings. The van der Waals surface area contributed by atoms with E-state index < -0.39 is 22.3 Å². The molecule has 0 unspecified atom stereocenters. The second-order valence-electron chi connectivity index (χ2n) is 3.26. The summed E-state index contributed by atoms with van der Waals surface area (Å²) in [6.45, 7) is 1.50. The minimum atomic E-state index is -0.705. The Kier molecular flexibility index (Phi) is 3.84. The van der Waals surface area contributed by atoms with E-state index in [1.54, 1.807) is 0 Å². The highest BCUT2D eigenvalue weighted by molar-refractivity contribution is 9.10. The molecule has 17 heavy (non-hydrogen) atoms. The maximum absolute atomic E-state index is 10.8. The number of nitro benzene ring substituents is 1. The van der Waals surface area contributed by atoms with Crippen LogP contribution in [0.2, 0.25) is 0 Å². The third kappa shape index (κ3) is 2.82. The van der Waals surface area contributed by atoms with Crippen LogP contribution in [0.25, 0.3) is 6.08 Å². The summed E-state index contributed by atoms with van der Waals surface area (Å²) in [6.07, 6.45) is 2.23. The van der Waals surface area contributed by atoms with Gasteiger partial charge in [-0.05, 0) is 19.1 Å². The lowest BCUT2D eigenvalue weighted by molar-refractivity contribution is -0.386. The first-order valence-corrected chi connectivity index (χ1v) is 5.28. The van der Waals surface area contributed by atoms with Crippen molar-refractivity contribution in [2.24, 2.45) is 5.73 Å². The fraction of sp³-hybridized carbons (Fsp3) is 0.100. The highest BCUT2D eigenvalue weighted by atomic mass is 79.9. The molecular formula is C10H9BrN2O4. The number of halogens is 1. The van der Waals surface area contributed by atoms with Gasteiger partial charge in [0.2, 0.25) is 11.7 Å². The number of carbonyl (C=O) groups excluding carboxylic acids is 1. The van der Waals surface area contributed by atoms with Crippen LogP contribution < -0.4 is 5.73 Å². The monoisotopic (exact) mass is 300 g/mol. The van der Waals surface area contributed by atoms with Crippen molar-refractivity contribution in [2.45, 2.75) is 6.92 Å². The third-order valence-electron chi connectivity index (χ3n) is 2.10. The number of primary amides is 1. The van der Waals surface area contributed by atoms with Gasteiger partial charge in [-0.3, -0.25) is 14.9 Å². The summed E-state index contributed by atoms with van der Waals surface area (Å²) in [6, 6.07) is 1.47. The molecule has 1 amide bonds. The van der Waals surface area contributed by atoms with Gasteiger partial charge in [-0.15, -0.1) is 0 Å². The Morgan fingerprint density at radius 1 is 1.65 bits per heavy atom. The third-order valence-corrected chi connectivity index (χ3v) is 2.93. The zero-order chi connectivity index (χ0) is 13.2. The maximum Gasteiger partial charge on any atom is 0.315 e. The second kappa shape index (κ2) is 4.96. The van der Waals surface area contributed by atoms with Gasteiger partial charge in [0, 0.05) is 21.7 Å². The Labute approximate surface area is 105 Å². The fourth-order valence-corrected chi connectivity index (χ4v) is 1.70. The van der Waals surface area contributed by atoms with Crippen molar-refractivity contribution in [2.75, 3.05) is 0 Å². The fourth-order valence-electron chi connectivity index (χ4n) is 1.26. The van der Waals surface area contributed by atoms with E-state index >= 15 is 0 Å². The summed E-state index contributed by atoms with van der Waals surface area (Å²) < 4.78 is 0.464. The molecule has 0 saturated heterocycles. The van der Waals surface area contributed by atoms with Gasteiger partial charge in [-0.2, -0.15) is 0 Å². The summed E-state index contributed by atoms with van der Waals surface area (Å²) in [5.41, 5.74) is 4.96. The van der Waals surface area contributed by atoms with Crippen molar-refractivity contribution >= 4 is 33.6 Å². The second-order valence-corrected chi connectivity index (χ2v) is 4.12. The molecule has 0 heterocycles. The molecule has 0 aliphatic carbocycles. The number of nitrogens with two attached hydrogens (primary N) is 1. The van der Waals surface area contributed by atoms with Crippen LogP contribution in [0.4, 0.5) is 5.69 Å². The molecule has 90 valence electrons. The van der Waals surface area contributed by atoms with E-state index in [4.69, 9.17) is 5.73 Å². The van der Waals surface area contributed by atoms with Crippen LogP contribution in [0.15, 0.2) is 16.6 Å². The van der Waals surface area contributed by atoms with Gasteiger partial charge in [0.1, 0.15) is 0 Å². The van der Waals surface area contributed by atoms with Crippen molar-refractivity contribution in [3.05, 3.63) is 37.9 Å². The first kappa shape index (κ1) is 13.2. The molecule has 0 radical (unpaired) electrons. The van der Waals surface area contributed by atoms with Gasteiger partial charge in [-0.1, -0.05) is 15.9 Å². The lowest BCUT2D eigenvalue weighted by Crippen LogP contribution is -2.05. The quantitative estimate of drug-likeness (QED) is 0.505. The van der Waals surface area contributed by atoms with Gasteiger partial charge in [0.05, 0.1) is 4.92 Å². The molecule has 3 N–H and O–H groups in total. The number of carbonyl (C=O) groups is 1. The van der Waals surface area contributed by atoms with Crippen molar-refractivity contribution in [3.8, 4) is 5.75 Å². The molecule has 1 aromatic rings. The summed E-state index contributed by atoms with van der Waals surface area (Å²) >= 11 is 3.14. The van der Waals surface area contributed by atoms with Crippen LogP contribution >= 0.6 is 15.9 Å². The largest absolute Gasteiger partial charge is 0.502 e. The highest BCUT2D eigenvalue weighted by Gasteiger charge is 2.22. The number of nitrogens with zero attached hydrogens (tertiary/aromatic N) is 1. The summed E-state index contributed by atoms with van der Waals surface area (Å²) in [4.78, 5) is 20.7. The van der Waals surface area contributed by atoms with Crippen molar-refractivity contribution < 1.29 is 14.8 Å². The Morgan fingerprint density at radius 2 is 2.24 bits per heavy atom. The number of nitro groups is 1. The number of phenols is 1. The van der Waals surface area contributed by atoms with E-state index in [1.165, 1.54) is 19.1 Å². The number of benzene rings is 1. The van der Waals surface area contributed by atoms with E-state index in [2.05, 4.69) is 15.9 Å². The molecule has 7 heteroatoms. The molecule has 0 aromatic heterocycles. The first-order chi connectivity index (χ1) is 7.84. The Bertz CT molecular complexity index is 526. The Morgan fingerprint density at radius 3 is 2.71 bits per heavy atom. The van der Waals surface area contributed by atoms with Crippen molar-refractivity contribution in [1.82, 2.24) is 0 Å². The van der Waals surface area contributed by atoms with Crippen LogP contribution in [0.3, 0.4) is 0 Å². The van der Waals surface area contributed by atoms with Crippen LogP contribution in [0.5, 0.6) is 5.75 Å². The summed E-state index contributed by atoms with van der Waals surface area (Å²) in [5.74, 6) is -1.20. The van der Waals surface area contributed by atoms with Crippen LogP contribution in [0.1, 0.15) is 11.1 Å². The van der Waals surface area contributed by atoms with Gasteiger partial charge >= 0.3 is 5.69 Å². The van der Waals surface area contributed by atoms with E-state index in [9.17, 15) is 20.0 Å². The predicted molar refractivity (Wildman–Crippen MR) is 65.4 cm³/mol. The maximum atomic E-state index is 10.8. The first-order valence-electron chi connectivity index (χ1n) is 4.48. The molecular weight excluding hydrogens is 292 g/mol. The minimum absolute atomic E-state index is 0.146. The number of amides is 1. The zero-order valence-electron chi connectivity index (χ0n) is 8.81. The lowest BCUT2D eigenvalue weighted by Gasteiger charge is -2.05. The van der Waals surface area contributed by atoms with Gasteiger partial charge in [0.15, 0.2) is 0 Å². The molecule has 6 nitrogen and oxygen atoms in total. The SMILES string of the molecule is Cc1c(Br)cc(/C=C\C(N)=O)c(O)c1[N+](=O)[O-]. The molecule has 1 aromatic carbocycles. The number of aromatic hydroxyl groups is 1. The number of rotatable bonds is 3. The van der Waals surface area contributed by atoms with E-state index in [-0.39, 0.29) is 5.56 Å². The highest BCUT2D eigenvalue weighted by Crippen LogP contribution is 2.38. The van der Waals surface area contributed by atoms with Crippen LogP contribution in [0, 0.1) is 17.0 Å². The smallest absolute Gasteiger partial charge is 0.315 e. The summed E-state index contributed by atoms with van der Waals surface area (Å²) in [7, 11) is 0. The number of phenolic OH excluding ortho intramolecular Hbond substituents is 1. The minimum Gasteiger partial charge on any atom is -0.502 e. The lowest BCUT2D eigenvalue weighted by atomic mass is 10.1. The van der Waals surface area contributed by atoms with Gasteiger partial charge in [-0.25, -0.2) is 0 Å². The van der Waals surface area contributed by atoms with Crippen molar-refractivity contribution in [1.29, 1.82) is 0 Å². The Balaban J connectivity index is 3.44. The molecule has 0 spiro atoms. The predicted octanol–water partition coefficient (Wildman–Crippen LogP) is 1.87. The molecule has 0 saturated carbocycles. The molecule has 0 aliphatic heterocycles. The molecule has 0 atom stereocenters. The normalized spacial score (nSPS) is 10.7.